The number of anilines is 2. The SMILES string of the molecule is O=C(Nc1cccc([N+](=O)[O-])c1)[C@@H]1CC(=O)N(c2ccccc2Br)C1. The average Bonchev–Trinajstić information content (AvgIpc) is 2.97. The van der Waals surface area contributed by atoms with Crippen LogP contribution in [0.1, 0.15) is 6.42 Å². The quantitative estimate of drug-likeness (QED) is 0.625. The van der Waals surface area contributed by atoms with Gasteiger partial charge in [-0.15, -0.1) is 0 Å². The number of nitrogens with zero attached hydrogens (tertiary/aromatic N) is 2. The van der Waals surface area contributed by atoms with Gasteiger partial charge < -0.3 is 10.2 Å². The van der Waals surface area contributed by atoms with E-state index in [1.165, 1.54) is 18.2 Å². The zero-order chi connectivity index (χ0) is 18.0. The van der Waals surface area contributed by atoms with E-state index in [4.69, 9.17) is 0 Å². The molecule has 0 aromatic heterocycles. The lowest BCUT2D eigenvalue weighted by atomic mass is 10.1. The summed E-state index contributed by atoms with van der Waals surface area (Å²) in [5, 5.41) is 13.5. The van der Waals surface area contributed by atoms with Crippen LogP contribution in [0.3, 0.4) is 0 Å². The number of rotatable bonds is 4. The van der Waals surface area contributed by atoms with E-state index in [9.17, 15) is 19.7 Å². The van der Waals surface area contributed by atoms with Crippen molar-refractivity contribution in [2.24, 2.45) is 5.92 Å². The molecule has 3 rings (SSSR count). The van der Waals surface area contributed by atoms with Gasteiger partial charge in [0.2, 0.25) is 11.8 Å². The highest BCUT2D eigenvalue weighted by molar-refractivity contribution is 9.10. The Balaban J connectivity index is 1.72. The molecule has 2 amide bonds. The van der Waals surface area contributed by atoms with Gasteiger partial charge in [0.05, 0.1) is 16.5 Å². The zero-order valence-electron chi connectivity index (χ0n) is 13.0. The lowest BCUT2D eigenvalue weighted by Crippen LogP contribution is -2.28. The molecule has 2 aromatic carbocycles. The third-order valence-electron chi connectivity index (χ3n) is 3.96. The molecule has 0 aliphatic carbocycles. The summed E-state index contributed by atoms with van der Waals surface area (Å²) in [6.45, 7) is 0.266. The molecule has 1 aliphatic heterocycles. The number of hydrogen-bond donors (Lipinski definition) is 1. The van der Waals surface area contributed by atoms with Crippen LogP contribution in [0.25, 0.3) is 0 Å². The smallest absolute Gasteiger partial charge is 0.271 e. The molecule has 2 aromatic rings. The standard InChI is InChI=1S/C17H14BrN3O4/c18-14-6-1-2-7-15(14)20-10-11(8-16(20)22)17(23)19-12-4-3-5-13(9-12)21(24)25/h1-7,9,11H,8,10H2,(H,19,23)/t11-/m1/s1. The maximum atomic E-state index is 12.4. The van der Waals surface area contributed by atoms with Crippen molar-refractivity contribution in [3.05, 3.63) is 63.1 Å². The molecule has 1 N–H and O–H groups in total. The Hall–Kier alpha value is -2.74. The lowest BCUT2D eigenvalue weighted by Gasteiger charge is -2.18. The maximum Gasteiger partial charge on any atom is 0.271 e. The molecular weight excluding hydrogens is 390 g/mol. The lowest BCUT2D eigenvalue weighted by molar-refractivity contribution is -0.384. The Kier molecular flexibility index (Phi) is 4.80. The van der Waals surface area contributed by atoms with Gasteiger partial charge in [-0.1, -0.05) is 18.2 Å². The van der Waals surface area contributed by atoms with E-state index < -0.39 is 10.8 Å². The van der Waals surface area contributed by atoms with Crippen molar-refractivity contribution in [3.8, 4) is 0 Å². The van der Waals surface area contributed by atoms with Crippen molar-refractivity contribution in [3.63, 3.8) is 0 Å². The zero-order valence-corrected chi connectivity index (χ0v) is 14.6. The van der Waals surface area contributed by atoms with E-state index in [0.717, 1.165) is 10.2 Å². The largest absolute Gasteiger partial charge is 0.326 e. The fraction of sp³-hybridized carbons (Fsp3) is 0.176. The van der Waals surface area contributed by atoms with Gasteiger partial charge in [-0.3, -0.25) is 19.7 Å². The summed E-state index contributed by atoms with van der Waals surface area (Å²) in [7, 11) is 0. The Morgan fingerprint density at radius 1 is 1.24 bits per heavy atom. The number of amides is 2. The highest BCUT2D eigenvalue weighted by atomic mass is 79.9. The van der Waals surface area contributed by atoms with Crippen LogP contribution >= 0.6 is 15.9 Å². The van der Waals surface area contributed by atoms with E-state index in [0.29, 0.717) is 5.69 Å². The van der Waals surface area contributed by atoms with Gasteiger partial charge in [0.1, 0.15) is 0 Å². The summed E-state index contributed by atoms with van der Waals surface area (Å²) in [5.74, 6) is -0.978. The van der Waals surface area contributed by atoms with Crippen LogP contribution in [0.2, 0.25) is 0 Å². The van der Waals surface area contributed by atoms with Crippen LogP contribution in [0.4, 0.5) is 17.1 Å². The first-order valence-corrected chi connectivity index (χ1v) is 8.35. The van der Waals surface area contributed by atoms with Gasteiger partial charge in [0.25, 0.3) is 5.69 Å². The second-order valence-corrected chi connectivity index (χ2v) is 6.51. The highest BCUT2D eigenvalue weighted by Crippen LogP contribution is 2.31. The molecule has 1 aliphatic rings. The van der Waals surface area contributed by atoms with Gasteiger partial charge in [-0.25, -0.2) is 0 Å². The third-order valence-corrected chi connectivity index (χ3v) is 4.63. The Morgan fingerprint density at radius 3 is 2.72 bits per heavy atom. The molecule has 25 heavy (non-hydrogen) atoms. The minimum atomic E-state index is -0.524. The van der Waals surface area contributed by atoms with E-state index >= 15 is 0 Å². The predicted molar refractivity (Wildman–Crippen MR) is 96.3 cm³/mol. The molecule has 1 saturated heterocycles. The molecule has 7 nitrogen and oxygen atoms in total. The summed E-state index contributed by atoms with van der Waals surface area (Å²) >= 11 is 3.41. The molecule has 1 atom stereocenters. The monoisotopic (exact) mass is 403 g/mol. The van der Waals surface area contributed by atoms with Gasteiger partial charge in [0, 0.05) is 35.3 Å². The fourth-order valence-corrected chi connectivity index (χ4v) is 3.23. The topological polar surface area (TPSA) is 92.5 Å². The van der Waals surface area contributed by atoms with E-state index in [1.807, 2.05) is 24.3 Å². The molecule has 0 unspecified atom stereocenters. The Bertz CT molecular complexity index is 855. The number of non-ortho nitro benzene ring substituents is 1. The van der Waals surface area contributed by atoms with Crippen molar-refractivity contribution in [1.82, 2.24) is 0 Å². The maximum absolute atomic E-state index is 12.4. The number of nitrogens with one attached hydrogen (secondary N) is 1. The predicted octanol–water partition coefficient (Wildman–Crippen LogP) is 3.35. The van der Waals surface area contributed by atoms with Gasteiger partial charge in [-0.05, 0) is 34.1 Å². The summed E-state index contributed by atoms with van der Waals surface area (Å²) in [4.78, 5) is 36.6. The number of carbonyl (C=O) groups is 2. The van der Waals surface area contributed by atoms with Gasteiger partial charge in [0.15, 0.2) is 0 Å². The number of nitro benzene ring substituents is 1. The van der Waals surface area contributed by atoms with Crippen LogP contribution in [0.15, 0.2) is 53.0 Å². The number of hydrogen-bond acceptors (Lipinski definition) is 4. The van der Waals surface area contributed by atoms with Gasteiger partial charge >= 0.3 is 0 Å². The summed E-state index contributed by atoms with van der Waals surface area (Å²) < 4.78 is 0.781. The van der Waals surface area contributed by atoms with Crippen LogP contribution in [0.5, 0.6) is 0 Å². The Labute approximate surface area is 151 Å². The molecule has 0 spiro atoms. The Morgan fingerprint density at radius 2 is 2.00 bits per heavy atom. The van der Waals surface area contributed by atoms with Crippen molar-refractivity contribution in [2.75, 3.05) is 16.8 Å². The van der Waals surface area contributed by atoms with Crippen molar-refractivity contribution in [2.45, 2.75) is 6.42 Å². The van der Waals surface area contributed by atoms with Crippen molar-refractivity contribution >= 4 is 44.8 Å². The molecule has 128 valence electrons. The molecule has 1 heterocycles. The first-order valence-electron chi connectivity index (χ1n) is 7.56. The van der Waals surface area contributed by atoms with E-state index in [1.54, 1.807) is 11.0 Å². The second kappa shape index (κ2) is 7.02. The third kappa shape index (κ3) is 3.69. The number of carbonyl (C=O) groups excluding carboxylic acids is 2. The summed E-state index contributed by atoms with van der Waals surface area (Å²) in [6, 6.07) is 13.0. The number of benzene rings is 2. The normalized spacial score (nSPS) is 16.8. The molecule has 1 fully saturated rings. The van der Waals surface area contributed by atoms with Crippen molar-refractivity contribution < 1.29 is 14.5 Å². The molecule has 8 heteroatoms. The van der Waals surface area contributed by atoms with E-state index in [-0.39, 0.29) is 30.5 Å². The summed E-state index contributed by atoms with van der Waals surface area (Å²) in [5.41, 5.74) is 0.958. The van der Waals surface area contributed by atoms with Crippen molar-refractivity contribution in [1.29, 1.82) is 0 Å². The summed E-state index contributed by atoms with van der Waals surface area (Å²) in [6.07, 6.45) is 0.0993. The highest BCUT2D eigenvalue weighted by Gasteiger charge is 2.35. The van der Waals surface area contributed by atoms with Crippen LogP contribution in [-0.4, -0.2) is 23.3 Å². The number of nitro groups is 1. The minimum Gasteiger partial charge on any atom is -0.326 e. The minimum absolute atomic E-state index is 0.0993. The first-order chi connectivity index (χ1) is 12.0. The van der Waals surface area contributed by atoms with Gasteiger partial charge in [-0.2, -0.15) is 0 Å². The van der Waals surface area contributed by atoms with Crippen LogP contribution in [0, 0.1) is 16.0 Å². The fourth-order valence-electron chi connectivity index (χ4n) is 2.73. The second-order valence-electron chi connectivity index (χ2n) is 5.65. The van der Waals surface area contributed by atoms with Crippen LogP contribution < -0.4 is 10.2 Å². The number of halogens is 1. The number of para-hydroxylation sites is 1. The molecule has 0 bridgehead atoms. The van der Waals surface area contributed by atoms with Crippen LogP contribution in [-0.2, 0) is 9.59 Å². The molecule has 0 radical (unpaired) electrons. The molecule has 0 saturated carbocycles. The van der Waals surface area contributed by atoms with E-state index in [2.05, 4.69) is 21.2 Å². The average molecular weight is 404 g/mol. The molecular formula is C17H14BrN3O4. The first kappa shape index (κ1) is 17.1.